The van der Waals surface area contributed by atoms with E-state index in [2.05, 4.69) is 9.97 Å². The Balaban J connectivity index is 1.52. The fraction of sp³-hybridized carbons (Fsp3) is 0.171. The summed E-state index contributed by atoms with van der Waals surface area (Å²) in [5, 5.41) is 12.6. The molecule has 0 saturated heterocycles. The number of nitro benzene ring substituents is 1. The number of aromatic nitrogens is 3. The van der Waals surface area contributed by atoms with Gasteiger partial charge >= 0.3 is 5.97 Å². The van der Waals surface area contributed by atoms with Gasteiger partial charge in [-0.1, -0.05) is 59.9 Å². The van der Waals surface area contributed by atoms with Crippen molar-refractivity contribution in [2.45, 2.75) is 36.9 Å². The van der Waals surface area contributed by atoms with Crippen molar-refractivity contribution in [3.8, 4) is 5.75 Å². The molecular formula is C35H29N5O6S2. The van der Waals surface area contributed by atoms with Crippen LogP contribution < -0.4 is 19.6 Å². The first-order valence-electron chi connectivity index (χ1n) is 14.9. The number of ether oxygens (including phenoxy) is 2. The first-order chi connectivity index (χ1) is 23.2. The Labute approximate surface area is 283 Å². The van der Waals surface area contributed by atoms with Crippen molar-refractivity contribution in [2.24, 2.45) is 4.99 Å². The maximum atomic E-state index is 14.2. The number of thiazole rings is 1. The normalized spacial score (nSPS) is 14.3. The lowest BCUT2D eigenvalue weighted by Crippen LogP contribution is -2.40. The van der Waals surface area contributed by atoms with Gasteiger partial charge in [0.25, 0.3) is 11.2 Å². The molecule has 13 heteroatoms. The second-order valence-electron chi connectivity index (χ2n) is 10.7. The molecule has 0 bridgehead atoms. The fourth-order valence-corrected chi connectivity index (χ4v) is 7.34. The summed E-state index contributed by atoms with van der Waals surface area (Å²) < 4.78 is 12.6. The highest BCUT2D eigenvalue weighted by atomic mass is 32.2. The van der Waals surface area contributed by atoms with E-state index in [1.807, 2.05) is 50.2 Å². The number of fused-ring (bicyclic) bond motifs is 1. The third kappa shape index (κ3) is 6.55. The zero-order valence-corrected chi connectivity index (χ0v) is 28.0. The Morgan fingerprint density at radius 1 is 1.04 bits per heavy atom. The highest BCUT2D eigenvalue weighted by Crippen LogP contribution is 2.36. The number of aryl methyl sites for hydroxylation is 2. The van der Waals surface area contributed by atoms with Crippen molar-refractivity contribution in [2.75, 3.05) is 13.7 Å². The third-order valence-corrected chi connectivity index (χ3v) is 9.36. The molecule has 0 unspecified atom stereocenters. The summed E-state index contributed by atoms with van der Waals surface area (Å²) in [4.78, 5) is 53.9. The Morgan fingerprint density at radius 2 is 1.75 bits per heavy atom. The highest BCUT2D eigenvalue weighted by Gasteiger charge is 2.35. The molecule has 5 aromatic rings. The third-order valence-electron chi connectivity index (χ3n) is 7.45. The van der Waals surface area contributed by atoms with E-state index < -0.39 is 22.5 Å². The Bertz CT molecular complexity index is 2240. The van der Waals surface area contributed by atoms with E-state index in [1.165, 1.54) is 10.6 Å². The number of hydrogen-bond acceptors (Lipinski definition) is 11. The lowest BCUT2D eigenvalue weighted by atomic mass is 9.93. The lowest BCUT2D eigenvalue weighted by Gasteiger charge is -2.26. The van der Waals surface area contributed by atoms with Gasteiger partial charge in [-0.25, -0.2) is 19.8 Å². The van der Waals surface area contributed by atoms with Crippen LogP contribution in [-0.4, -0.2) is 39.1 Å². The molecule has 0 saturated carbocycles. The second-order valence-corrected chi connectivity index (χ2v) is 12.7. The van der Waals surface area contributed by atoms with Gasteiger partial charge in [0, 0.05) is 23.0 Å². The number of esters is 1. The standard InChI is InChI=1S/C35H29N5O6S2/c1-5-46-33(42)29-30(23-9-7-6-8-10-23)38-35-39(31(29)24-12-14-25(45-4)15-13-24)32(41)28(48-35)19-22-11-16-27(26(18-22)40(43)44)47-34-36-20(2)17-21(3)37-34/h6-19,31H,5H2,1-4H3/b28-19+/t31-/m0/s1. The SMILES string of the molecule is CCOC(=O)C1=C(c2ccccc2)N=c2s/c(=C/c3ccc(Sc4nc(C)cc(C)n4)c([N+](=O)[O-])c3)c(=O)n2[C@H]1c1ccc(OC)cc1. The molecule has 0 aliphatic carbocycles. The number of carbonyl (C=O) groups excluding carboxylic acids is 1. The topological polar surface area (TPSA) is 139 Å². The average Bonchev–Trinajstić information content (AvgIpc) is 3.38. The van der Waals surface area contributed by atoms with Gasteiger partial charge in [0.05, 0.1) is 45.4 Å². The van der Waals surface area contributed by atoms with E-state index in [0.29, 0.717) is 43.0 Å². The zero-order chi connectivity index (χ0) is 33.9. The molecule has 3 aromatic carbocycles. The predicted octanol–water partition coefficient (Wildman–Crippen LogP) is 5.41. The quantitative estimate of drug-likeness (QED) is 0.0866. The van der Waals surface area contributed by atoms with Crippen molar-refractivity contribution < 1.29 is 19.2 Å². The maximum Gasteiger partial charge on any atom is 0.338 e. The summed E-state index contributed by atoms with van der Waals surface area (Å²) in [5.41, 5.74) is 3.38. The lowest BCUT2D eigenvalue weighted by molar-refractivity contribution is -0.387. The number of nitro groups is 1. The van der Waals surface area contributed by atoms with Crippen LogP contribution in [0.2, 0.25) is 0 Å². The summed E-state index contributed by atoms with van der Waals surface area (Å²) >= 11 is 2.24. The van der Waals surface area contributed by atoms with Gasteiger partial charge in [0.2, 0.25) is 0 Å². The molecule has 1 aliphatic rings. The average molecular weight is 680 g/mol. The van der Waals surface area contributed by atoms with Gasteiger partial charge in [-0.05, 0) is 74.0 Å². The van der Waals surface area contributed by atoms with E-state index in [-0.39, 0.29) is 22.4 Å². The van der Waals surface area contributed by atoms with Crippen molar-refractivity contribution in [3.63, 3.8) is 0 Å². The number of rotatable bonds is 9. The van der Waals surface area contributed by atoms with E-state index in [9.17, 15) is 19.7 Å². The van der Waals surface area contributed by atoms with Crippen LogP contribution in [0.1, 0.15) is 41.0 Å². The van der Waals surface area contributed by atoms with Crippen LogP contribution >= 0.6 is 23.1 Å². The zero-order valence-electron chi connectivity index (χ0n) is 26.4. The van der Waals surface area contributed by atoms with Gasteiger partial charge in [-0.15, -0.1) is 0 Å². The van der Waals surface area contributed by atoms with Crippen molar-refractivity contribution in [1.29, 1.82) is 0 Å². The van der Waals surface area contributed by atoms with Crippen LogP contribution in [0.5, 0.6) is 5.75 Å². The molecule has 1 aliphatic heterocycles. The van der Waals surface area contributed by atoms with Gasteiger partial charge in [-0.2, -0.15) is 0 Å². The van der Waals surface area contributed by atoms with E-state index in [4.69, 9.17) is 14.5 Å². The van der Waals surface area contributed by atoms with Crippen LogP contribution in [0.15, 0.2) is 104 Å². The monoisotopic (exact) mass is 679 g/mol. The Hall–Kier alpha value is -5.40. The van der Waals surface area contributed by atoms with Crippen LogP contribution in [0, 0.1) is 24.0 Å². The molecule has 1 atom stereocenters. The molecule has 6 rings (SSSR count). The summed E-state index contributed by atoms with van der Waals surface area (Å²) in [6.45, 7) is 5.52. The van der Waals surface area contributed by atoms with Crippen molar-refractivity contribution in [1.82, 2.24) is 14.5 Å². The van der Waals surface area contributed by atoms with Crippen LogP contribution in [0.4, 0.5) is 5.69 Å². The first-order valence-corrected chi connectivity index (χ1v) is 16.5. The maximum absolute atomic E-state index is 14.2. The number of carbonyl (C=O) groups is 1. The number of benzene rings is 3. The van der Waals surface area contributed by atoms with Crippen LogP contribution in [-0.2, 0) is 9.53 Å². The smallest absolute Gasteiger partial charge is 0.338 e. The molecule has 0 radical (unpaired) electrons. The molecule has 0 amide bonds. The molecule has 0 N–H and O–H groups in total. The highest BCUT2D eigenvalue weighted by molar-refractivity contribution is 7.99. The number of methoxy groups -OCH3 is 1. The molecule has 0 spiro atoms. The minimum absolute atomic E-state index is 0.132. The van der Waals surface area contributed by atoms with Crippen molar-refractivity contribution in [3.05, 3.63) is 142 Å². The molecule has 11 nitrogen and oxygen atoms in total. The fourth-order valence-electron chi connectivity index (χ4n) is 5.38. The van der Waals surface area contributed by atoms with Gasteiger partial charge in [-0.3, -0.25) is 19.5 Å². The van der Waals surface area contributed by atoms with Gasteiger partial charge in [0.15, 0.2) is 9.96 Å². The summed E-state index contributed by atoms with van der Waals surface area (Å²) in [5.74, 6) is 0.0232. The first kappa shape index (κ1) is 32.5. The minimum Gasteiger partial charge on any atom is -0.497 e. The summed E-state index contributed by atoms with van der Waals surface area (Å²) in [7, 11) is 1.56. The number of nitrogens with zero attached hydrogens (tertiary/aromatic N) is 5. The predicted molar refractivity (Wildman–Crippen MR) is 183 cm³/mol. The molecule has 3 heterocycles. The van der Waals surface area contributed by atoms with Crippen LogP contribution in [0.25, 0.3) is 11.8 Å². The van der Waals surface area contributed by atoms with Gasteiger partial charge < -0.3 is 9.47 Å². The molecule has 242 valence electrons. The summed E-state index contributed by atoms with van der Waals surface area (Å²) in [6, 6.07) is 22.1. The van der Waals surface area contributed by atoms with E-state index >= 15 is 0 Å². The van der Waals surface area contributed by atoms with E-state index in [0.717, 1.165) is 34.5 Å². The minimum atomic E-state index is -0.866. The molecular weight excluding hydrogens is 651 g/mol. The molecule has 48 heavy (non-hydrogen) atoms. The second kappa shape index (κ2) is 13.8. The van der Waals surface area contributed by atoms with Crippen molar-refractivity contribution >= 4 is 46.5 Å². The summed E-state index contributed by atoms with van der Waals surface area (Å²) in [6.07, 6.45) is 1.60. The Kier molecular flexibility index (Phi) is 9.33. The van der Waals surface area contributed by atoms with Gasteiger partial charge in [0.1, 0.15) is 5.75 Å². The number of hydrogen-bond donors (Lipinski definition) is 0. The molecule has 0 fully saturated rings. The molecule has 2 aromatic heterocycles. The largest absolute Gasteiger partial charge is 0.497 e. The van der Waals surface area contributed by atoms with Crippen LogP contribution in [0.3, 0.4) is 0 Å². The Morgan fingerprint density at radius 3 is 2.40 bits per heavy atom. The van der Waals surface area contributed by atoms with E-state index in [1.54, 1.807) is 56.5 Å².